The molecule has 0 bridgehead atoms. The first kappa shape index (κ1) is 12.5. The van der Waals surface area contributed by atoms with E-state index < -0.39 is 0 Å². The van der Waals surface area contributed by atoms with Crippen LogP contribution in [0.5, 0.6) is 0 Å². The van der Waals surface area contributed by atoms with Crippen molar-refractivity contribution in [3.8, 4) is 0 Å². The third-order valence-electron chi connectivity index (χ3n) is 4.45. The summed E-state index contributed by atoms with van der Waals surface area (Å²) >= 11 is 0. The van der Waals surface area contributed by atoms with Crippen molar-refractivity contribution in [3.05, 3.63) is 24.6 Å². The Bertz CT molecular complexity index is 555. The number of aromatic nitrogens is 1. The van der Waals surface area contributed by atoms with E-state index in [-0.39, 0.29) is 5.54 Å². The van der Waals surface area contributed by atoms with Gasteiger partial charge in [0.05, 0.1) is 11.6 Å². The van der Waals surface area contributed by atoms with Crippen molar-refractivity contribution in [1.29, 1.82) is 0 Å². The second kappa shape index (κ2) is 4.85. The third-order valence-corrected chi connectivity index (χ3v) is 4.45. The van der Waals surface area contributed by atoms with Gasteiger partial charge in [0.25, 0.3) is 0 Å². The highest BCUT2D eigenvalue weighted by molar-refractivity contribution is 5.87. The molecule has 0 radical (unpaired) electrons. The Hall–Kier alpha value is -1.55. The van der Waals surface area contributed by atoms with Crippen molar-refractivity contribution in [2.45, 2.75) is 31.2 Å². The fraction of sp³-hybridized carbons (Fsp3) is 0.533. The standard InChI is InChI=1S/C15H21N3O/c1-18(2)15(7-3-4-8-15)11-17-14-12-6-10-19-13(12)5-9-16-14/h5-6,9-10H,3-4,7-8,11H2,1-2H3,(H,16,17). The highest BCUT2D eigenvalue weighted by Gasteiger charge is 2.35. The molecule has 0 amide bonds. The quantitative estimate of drug-likeness (QED) is 0.916. The minimum Gasteiger partial charge on any atom is -0.464 e. The van der Waals surface area contributed by atoms with Gasteiger partial charge in [-0.3, -0.25) is 0 Å². The summed E-state index contributed by atoms with van der Waals surface area (Å²) in [6.45, 7) is 0.942. The lowest BCUT2D eigenvalue weighted by atomic mass is 9.96. The van der Waals surface area contributed by atoms with Crippen molar-refractivity contribution >= 4 is 16.8 Å². The maximum atomic E-state index is 5.41. The largest absolute Gasteiger partial charge is 0.464 e. The van der Waals surface area contributed by atoms with Gasteiger partial charge < -0.3 is 14.6 Å². The van der Waals surface area contributed by atoms with Gasteiger partial charge >= 0.3 is 0 Å². The van der Waals surface area contributed by atoms with Crippen LogP contribution in [-0.2, 0) is 0 Å². The molecule has 2 aromatic heterocycles. The first-order chi connectivity index (χ1) is 9.21. The fourth-order valence-corrected chi connectivity index (χ4v) is 3.10. The molecule has 0 aromatic carbocycles. The molecule has 4 nitrogen and oxygen atoms in total. The van der Waals surface area contributed by atoms with E-state index in [1.165, 1.54) is 25.7 Å². The second-order valence-corrected chi connectivity index (χ2v) is 5.67. The number of hydrogen-bond acceptors (Lipinski definition) is 4. The molecule has 4 heteroatoms. The zero-order chi connectivity index (χ0) is 13.3. The number of rotatable bonds is 4. The van der Waals surface area contributed by atoms with E-state index in [0.29, 0.717) is 0 Å². The SMILES string of the molecule is CN(C)C1(CNc2nccc3occc23)CCCC1. The summed E-state index contributed by atoms with van der Waals surface area (Å²) in [5.74, 6) is 0.930. The smallest absolute Gasteiger partial charge is 0.139 e. The van der Waals surface area contributed by atoms with Gasteiger partial charge in [-0.05, 0) is 39.1 Å². The average molecular weight is 259 g/mol. The number of fused-ring (bicyclic) bond motifs is 1. The molecule has 2 heterocycles. The van der Waals surface area contributed by atoms with E-state index in [1.807, 2.05) is 12.1 Å². The van der Waals surface area contributed by atoms with Crippen LogP contribution in [0.1, 0.15) is 25.7 Å². The second-order valence-electron chi connectivity index (χ2n) is 5.67. The molecule has 0 aliphatic heterocycles. The number of nitrogens with one attached hydrogen (secondary N) is 1. The van der Waals surface area contributed by atoms with Gasteiger partial charge in [0.2, 0.25) is 0 Å². The van der Waals surface area contributed by atoms with E-state index in [9.17, 15) is 0 Å². The summed E-state index contributed by atoms with van der Waals surface area (Å²) in [4.78, 5) is 6.80. The van der Waals surface area contributed by atoms with E-state index in [2.05, 4.69) is 29.3 Å². The first-order valence-electron chi connectivity index (χ1n) is 6.95. The minimum absolute atomic E-state index is 0.271. The van der Waals surface area contributed by atoms with Crippen molar-refractivity contribution in [1.82, 2.24) is 9.88 Å². The number of anilines is 1. The van der Waals surface area contributed by atoms with Crippen molar-refractivity contribution in [3.63, 3.8) is 0 Å². The molecule has 1 saturated carbocycles. The maximum absolute atomic E-state index is 5.41. The van der Waals surface area contributed by atoms with Crippen LogP contribution in [0.4, 0.5) is 5.82 Å². The summed E-state index contributed by atoms with van der Waals surface area (Å²) in [6, 6.07) is 3.87. The topological polar surface area (TPSA) is 41.3 Å². The molecule has 102 valence electrons. The Balaban J connectivity index is 1.80. The first-order valence-corrected chi connectivity index (χ1v) is 6.95. The van der Waals surface area contributed by atoms with Gasteiger partial charge in [-0.2, -0.15) is 0 Å². The Morgan fingerprint density at radius 1 is 1.32 bits per heavy atom. The van der Waals surface area contributed by atoms with Gasteiger partial charge in [0.1, 0.15) is 11.4 Å². The Labute approximate surface area is 113 Å². The molecule has 0 spiro atoms. The number of furan rings is 1. The monoisotopic (exact) mass is 259 g/mol. The zero-order valence-corrected chi connectivity index (χ0v) is 11.6. The van der Waals surface area contributed by atoms with Crippen LogP contribution >= 0.6 is 0 Å². The third kappa shape index (κ3) is 2.21. The molecule has 1 aliphatic carbocycles. The molecule has 3 rings (SSSR count). The molecule has 19 heavy (non-hydrogen) atoms. The normalized spacial score (nSPS) is 18.3. The maximum Gasteiger partial charge on any atom is 0.139 e. The summed E-state index contributed by atoms with van der Waals surface area (Å²) in [7, 11) is 4.36. The van der Waals surface area contributed by atoms with Crippen LogP contribution in [0.3, 0.4) is 0 Å². The predicted molar refractivity (Wildman–Crippen MR) is 77.4 cm³/mol. The molecule has 1 fully saturated rings. The highest BCUT2D eigenvalue weighted by atomic mass is 16.3. The molecular formula is C15H21N3O. The van der Waals surface area contributed by atoms with Gasteiger partial charge in [0, 0.05) is 18.3 Å². The van der Waals surface area contributed by atoms with Crippen molar-refractivity contribution < 1.29 is 4.42 Å². The van der Waals surface area contributed by atoms with Crippen molar-refractivity contribution in [2.24, 2.45) is 0 Å². The molecular weight excluding hydrogens is 238 g/mol. The lowest BCUT2D eigenvalue weighted by molar-refractivity contribution is 0.172. The Morgan fingerprint density at radius 3 is 2.84 bits per heavy atom. The van der Waals surface area contributed by atoms with Crippen LogP contribution in [0.15, 0.2) is 29.0 Å². The van der Waals surface area contributed by atoms with E-state index >= 15 is 0 Å². The van der Waals surface area contributed by atoms with Crippen LogP contribution < -0.4 is 5.32 Å². The lowest BCUT2D eigenvalue weighted by Crippen LogP contribution is -2.47. The molecule has 2 aromatic rings. The average Bonchev–Trinajstić information content (AvgIpc) is 3.06. The summed E-state index contributed by atoms with van der Waals surface area (Å²) in [6.07, 6.45) is 8.68. The van der Waals surface area contributed by atoms with Crippen LogP contribution in [0.2, 0.25) is 0 Å². The number of hydrogen-bond donors (Lipinski definition) is 1. The van der Waals surface area contributed by atoms with Crippen molar-refractivity contribution in [2.75, 3.05) is 26.0 Å². The van der Waals surface area contributed by atoms with Crippen LogP contribution in [0, 0.1) is 0 Å². The molecule has 0 atom stereocenters. The zero-order valence-electron chi connectivity index (χ0n) is 11.6. The predicted octanol–water partition coefficient (Wildman–Crippen LogP) is 3.11. The van der Waals surface area contributed by atoms with Gasteiger partial charge in [-0.1, -0.05) is 12.8 Å². The van der Waals surface area contributed by atoms with Crippen LogP contribution in [0.25, 0.3) is 11.0 Å². The van der Waals surface area contributed by atoms with Gasteiger partial charge in [-0.25, -0.2) is 4.98 Å². The number of likely N-dealkylation sites (N-methyl/N-ethyl adjacent to an activating group) is 1. The fourth-order valence-electron chi connectivity index (χ4n) is 3.10. The Morgan fingerprint density at radius 2 is 2.11 bits per heavy atom. The van der Waals surface area contributed by atoms with Gasteiger partial charge in [-0.15, -0.1) is 0 Å². The summed E-state index contributed by atoms with van der Waals surface area (Å²) < 4.78 is 5.41. The molecule has 0 saturated heterocycles. The summed E-state index contributed by atoms with van der Waals surface area (Å²) in [5.41, 5.74) is 1.16. The number of pyridine rings is 1. The minimum atomic E-state index is 0.271. The van der Waals surface area contributed by atoms with E-state index in [1.54, 1.807) is 12.5 Å². The van der Waals surface area contributed by atoms with E-state index in [0.717, 1.165) is 23.3 Å². The highest BCUT2D eigenvalue weighted by Crippen LogP contribution is 2.34. The number of nitrogens with zero attached hydrogens (tertiary/aromatic N) is 2. The van der Waals surface area contributed by atoms with E-state index in [4.69, 9.17) is 4.42 Å². The molecule has 1 N–H and O–H groups in total. The molecule has 0 unspecified atom stereocenters. The Kier molecular flexibility index (Phi) is 3.19. The van der Waals surface area contributed by atoms with Gasteiger partial charge in [0.15, 0.2) is 0 Å². The lowest BCUT2D eigenvalue weighted by Gasteiger charge is -2.36. The summed E-state index contributed by atoms with van der Waals surface area (Å²) in [5, 5.41) is 4.59. The van der Waals surface area contributed by atoms with Crippen LogP contribution in [-0.4, -0.2) is 36.1 Å². The molecule has 1 aliphatic rings.